The van der Waals surface area contributed by atoms with Gasteiger partial charge in [0.25, 0.3) is 0 Å². The van der Waals surface area contributed by atoms with Crippen molar-refractivity contribution >= 4 is 0 Å². The fourth-order valence-electron chi connectivity index (χ4n) is 1.71. The Morgan fingerprint density at radius 1 is 1.20 bits per heavy atom. The first-order chi connectivity index (χ1) is 7.20. The van der Waals surface area contributed by atoms with E-state index in [9.17, 15) is 0 Å². The van der Waals surface area contributed by atoms with Gasteiger partial charge < -0.3 is 0 Å². The molecule has 0 aliphatic heterocycles. The molecule has 88 valence electrons. The molecule has 0 bridgehead atoms. The largest absolute Gasteiger partial charge is 0.0887 e. The minimum atomic E-state index is 0.831. The number of allylic oxidation sites excluding steroid dienone is 4. The van der Waals surface area contributed by atoms with E-state index in [0.717, 1.165) is 5.92 Å². The van der Waals surface area contributed by atoms with Crippen molar-refractivity contribution < 1.29 is 0 Å². The molecule has 0 aromatic rings. The van der Waals surface area contributed by atoms with Crippen LogP contribution in [0, 0.1) is 5.92 Å². The van der Waals surface area contributed by atoms with Gasteiger partial charge in [0.2, 0.25) is 0 Å². The second-order valence-electron chi connectivity index (χ2n) is 4.64. The lowest BCUT2D eigenvalue weighted by Gasteiger charge is -2.09. The summed E-state index contributed by atoms with van der Waals surface area (Å²) in [6.45, 7) is 8.96. The summed E-state index contributed by atoms with van der Waals surface area (Å²) in [6.07, 6.45) is 14.7. The molecule has 0 rings (SSSR count). The van der Waals surface area contributed by atoms with E-state index in [1.54, 1.807) is 0 Å². The molecular formula is C15H28. The molecule has 0 heterocycles. The molecule has 0 N–H and O–H groups in total. The highest BCUT2D eigenvalue weighted by Crippen LogP contribution is 2.16. The zero-order valence-corrected chi connectivity index (χ0v) is 11.1. The molecule has 0 saturated carbocycles. The maximum absolute atomic E-state index is 2.36. The molecule has 0 fully saturated rings. The van der Waals surface area contributed by atoms with Crippen molar-refractivity contribution in [2.45, 2.75) is 66.2 Å². The van der Waals surface area contributed by atoms with Gasteiger partial charge in [-0.1, -0.05) is 50.5 Å². The highest BCUT2D eigenvalue weighted by atomic mass is 14.1. The molecule has 15 heavy (non-hydrogen) atoms. The van der Waals surface area contributed by atoms with Crippen LogP contribution in [-0.4, -0.2) is 0 Å². The minimum absolute atomic E-state index is 0.831. The monoisotopic (exact) mass is 208 g/mol. The van der Waals surface area contributed by atoms with Gasteiger partial charge in [0, 0.05) is 0 Å². The Morgan fingerprint density at radius 3 is 2.47 bits per heavy atom. The van der Waals surface area contributed by atoms with Gasteiger partial charge in [0.05, 0.1) is 0 Å². The van der Waals surface area contributed by atoms with E-state index in [4.69, 9.17) is 0 Å². The highest BCUT2D eigenvalue weighted by Gasteiger charge is 2.00. The van der Waals surface area contributed by atoms with E-state index < -0.39 is 0 Å². The maximum atomic E-state index is 2.36. The van der Waals surface area contributed by atoms with Crippen molar-refractivity contribution in [1.82, 2.24) is 0 Å². The summed E-state index contributed by atoms with van der Waals surface area (Å²) in [7, 11) is 0. The fraction of sp³-hybridized carbons (Fsp3) is 0.733. The van der Waals surface area contributed by atoms with Crippen LogP contribution in [0.25, 0.3) is 0 Å². The standard InChI is InChI=1S/C15H28/c1-5-7-8-9-10-11-12-15(4)13-14(3)6-2/h6,9-10,15H,5,7-8,11-13H2,1-4H3. The second-order valence-corrected chi connectivity index (χ2v) is 4.64. The Labute approximate surface area is 96.5 Å². The Hall–Kier alpha value is -0.520. The Kier molecular flexibility index (Phi) is 9.67. The molecule has 0 amide bonds. The van der Waals surface area contributed by atoms with E-state index in [2.05, 4.69) is 45.9 Å². The smallest absolute Gasteiger partial charge is 0.0297 e. The van der Waals surface area contributed by atoms with Crippen molar-refractivity contribution in [3.63, 3.8) is 0 Å². The van der Waals surface area contributed by atoms with Crippen molar-refractivity contribution in [3.8, 4) is 0 Å². The van der Waals surface area contributed by atoms with Crippen LogP contribution in [0.1, 0.15) is 66.2 Å². The topological polar surface area (TPSA) is 0 Å². The quantitative estimate of drug-likeness (QED) is 0.365. The van der Waals surface area contributed by atoms with E-state index >= 15 is 0 Å². The Balaban J connectivity index is 3.46. The number of hydrogen-bond donors (Lipinski definition) is 0. The third-order valence-corrected chi connectivity index (χ3v) is 2.88. The lowest BCUT2D eigenvalue weighted by Crippen LogP contribution is -1.94. The van der Waals surface area contributed by atoms with E-state index in [1.807, 2.05) is 0 Å². The van der Waals surface area contributed by atoms with E-state index in [0.29, 0.717) is 0 Å². The van der Waals surface area contributed by atoms with Gasteiger partial charge in [-0.25, -0.2) is 0 Å². The van der Waals surface area contributed by atoms with Gasteiger partial charge in [-0.3, -0.25) is 0 Å². The van der Waals surface area contributed by atoms with E-state index in [-0.39, 0.29) is 0 Å². The van der Waals surface area contributed by atoms with Crippen LogP contribution < -0.4 is 0 Å². The first-order valence-electron chi connectivity index (χ1n) is 6.47. The lowest BCUT2D eigenvalue weighted by molar-refractivity contribution is 0.533. The zero-order valence-electron chi connectivity index (χ0n) is 11.1. The molecule has 0 aromatic heterocycles. The first-order valence-corrected chi connectivity index (χ1v) is 6.47. The molecule has 1 unspecified atom stereocenters. The predicted molar refractivity (Wildman–Crippen MR) is 71.1 cm³/mol. The number of hydrogen-bond acceptors (Lipinski definition) is 0. The van der Waals surface area contributed by atoms with Crippen LogP contribution in [0.4, 0.5) is 0 Å². The molecule has 0 saturated heterocycles. The average molecular weight is 208 g/mol. The van der Waals surface area contributed by atoms with Crippen molar-refractivity contribution in [2.75, 3.05) is 0 Å². The summed E-state index contributed by atoms with van der Waals surface area (Å²) in [5.74, 6) is 0.831. The molecule has 0 aliphatic carbocycles. The van der Waals surface area contributed by atoms with Gasteiger partial charge in [0.1, 0.15) is 0 Å². The van der Waals surface area contributed by atoms with Crippen molar-refractivity contribution in [3.05, 3.63) is 23.8 Å². The minimum Gasteiger partial charge on any atom is -0.0887 e. The van der Waals surface area contributed by atoms with Crippen molar-refractivity contribution in [1.29, 1.82) is 0 Å². The number of rotatable bonds is 8. The Morgan fingerprint density at radius 2 is 1.87 bits per heavy atom. The normalized spacial score (nSPS) is 14.8. The second kappa shape index (κ2) is 10.0. The van der Waals surface area contributed by atoms with Gasteiger partial charge in [-0.05, 0) is 45.4 Å². The van der Waals surface area contributed by atoms with Crippen LogP contribution >= 0.6 is 0 Å². The maximum Gasteiger partial charge on any atom is -0.0297 e. The predicted octanol–water partition coefficient (Wildman–Crippen LogP) is 5.51. The van der Waals surface area contributed by atoms with Crippen LogP contribution in [0.3, 0.4) is 0 Å². The van der Waals surface area contributed by atoms with Crippen molar-refractivity contribution in [2.24, 2.45) is 5.92 Å². The summed E-state index contributed by atoms with van der Waals surface area (Å²) >= 11 is 0. The molecule has 0 aliphatic rings. The number of unbranched alkanes of at least 4 members (excludes halogenated alkanes) is 2. The molecular weight excluding hydrogens is 180 g/mol. The molecule has 0 aromatic carbocycles. The van der Waals surface area contributed by atoms with E-state index in [1.165, 1.54) is 44.1 Å². The third-order valence-electron chi connectivity index (χ3n) is 2.88. The molecule has 0 heteroatoms. The SMILES string of the molecule is CC=C(C)CC(C)CCC=CCCCC. The third kappa shape index (κ3) is 9.78. The zero-order chi connectivity index (χ0) is 11.5. The van der Waals surface area contributed by atoms with Gasteiger partial charge in [-0.15, -0.1) is 0 Å². The van der Waals surface area contributed by atoms with Crippen LogP contribution in [-0.2, 0) is 0 Å². The van der Waals surface area contributed by atoms with Gasteiger partial charge >= 0.3 is 0 Å². The molecule has 0 nitrogen and oxygen atoms in total. The molecule has 1 atom stereocenters. The van der Waals surface area contributed by atoms with Gasteiger partial charge in [0.15, 0.2) is 0 Å². The molecule has 0 radical (unpaired) electrons. The summed E-state index contributed by atoms with van der Waals surface area (Å²) in [4.78, 5) is 0. The summed E-state index contributed by atoms with van der Waals surface area (Å²) in [6, 6.07) is 0. The summed E-state index contributed by atoms with van der Waals surface area (Å²) in [5.41, 5.74) is 1.53. The average Bonchev–Trinajstić information content (AvgIpc) is 2.23. The highest BCUT2D eigenvalue weighted by molar-refractivity contribution is 4.96. The summed E-state index contributed by atoms with van der Waals surface area (Å²) < 4.78 is 0. The first kappa shape index (κ1) is 14.5. The summed E-state index contributed by atoms with van der Waals surface area (Å²) in [5, 5.41) is 0. The Bertz CT molecular complexity index is 186. The lowest BCUT2D eigenvalue weighted by atomic mass is 9.97. The van der Waals surface area contributed by atoms with Gasteiger partial charge in [-0.2, -0.15) is 0 Å². The fourth-order valence-corrected chi connectivity index (χ4v) is 1.71. The van der Waals surface area contributed by atoms with Crippen LogP contribution in [0.5, 0.6) is 0 Å². The molecule has 0 spiro atoms. The van der Waals surface area contributed by atoms with Crippen LogP contribution in [0.15, 0.2) is 23.8 Å². The van der Waals surface area contributed by atoms with Crippen LogP contribution in [0.2, 0.25) is 0 Å².